The number of hydrogen-bond donors (Lipinski definition) is 4. The van der Waals surface area contributed by atoms with Crippen molar-refractivity contribution in [2.45, 2.75) is 93.9 Å². The molecule has 0 aliphatic heterocycles. The zero-order valence-corrected chi connectivity index (χ0v) is 33.3. The molecule has 0 amide bonds. The van der Waals surface area contributed by atoms with Gasteiger partial charge in [-0.15, -0.1) is 0 Å². The van der Waals surface area contributed by atoms with Crippen LogP contribution in [0.1, 0.15) is 100 Å². The largest absolute Gasteiger partial charge is 0.387 e. The van der Waals surface area contributed by atoms with Crippen molar-refractivity contribution in [3.8, 4) is 22.5 Å². The van der Waals surface area contributed by atoms with Crippen LogP contribution in [0.4, 0.5) is 0 Å². The van der Waals surface area contributed by atoms with Gasteiger partial charge in [0.05, 0.1) is 57.9 Å². The van der Waals surface area contributed by atoms with E-state index in [1.54, 1.807) is 12.1 Å². The minimum Gasteiger partial charge on any atom is -0.387 e. The molecule has 2 aromatic heterocycles. The molecule has 4 N–H and O–H groups in total. The summed E-state index contributed by atoms with van der Waals surface area (Å²) in [5.74, 6) is 0. The number of aromatic nitrogens is 4. The van der Waals surface area contributed by atoms with Gasteiger partial charge in [0, 0.05) is 35.1 Å². The summed E-state index contributed by atoms with van der Waals surface area (Å²) in [5.41, 5.74) is 11.9. The Morgan fingerprint density at radius 2 is 0.965 bits per heavy atom. The summed E-state index contributed by atoms with van der Waals surface area (Å²) in [5, 5.41) is 32.8. The van der Waals surface area contributed by atoms with E-state index in [1.807, 2.05) is 71.7 Å². The molecule has 0 saturated heterocycles. The number of aliphatic hydroxyl groups excluding tert-OH is 2. The standard InChI is InChI=1S/C43H44N4O8S2/c1-26-8-12-28(13-9-26)24-46-42-34-18-16-32(56(50,51)52)20-30(34)22-36(42)40(44-46)38(48)6-4-3-5-7-39(49)41-37-23-31-21-33(57(53,54)55)17-19-35(31)43(37)47(45-41)25-29-14-10-27(2)11-15-29/h8-21,38-39,48-49H,3-7,22-25H2,1-2H3,(H,50,51,52)(H,53,54,55). The van der Waals surface area contributed by atoms with Crippen LogP contribution in [0.2, 0.25) is 0 Å². The Labute approximate surface area is 332 Å². The number of benzene rings is 4. The molecule has 296 valence electrons. The van der Waals surface area contributed by atoms with Crippen molar-refractivity contribution in [1.29, 1.82) is 0 Å². The van der Waals surface area contributed by atoms with E-state index in [2.05, 4.69) is 0 Å². The molecular formula is C43H44N4O8S2. The van der Waals surface area contributed by atoms with E-state index < -0.39 is 32.4 Å². The Kier molecular flexibility index (Phi) is 10.3. The van der Waals surface area contributed by atoms with Crippen molar-refractivity contribution in [2.24, 2.45) is 0 Å². The molecule has 6 aromatic rings. The Morgan fingerprint density at radius 1 is 0.579 bits per heavy atom. The third kappa shape index (κ3) is 7.85. The van der Waals surface area contributed by atoms with E-state index in [9.17, 15) is 36.2 Å². The maximum Gasteiger partial charge on any atom is 0.294 e. The van der Waals surface area contributed by atoms with E-state index in [1.165, 1.54) is 24.3 Å². The summed E-state index contributed by atoms with van der Waals surface area (Å²) < 4.78 is 70.8. The summed E-state index contributed by atoms with van der Waals surface area (Å²) in [6, 6.07) is 25.4. The predicted octanol–water partition coefficient (Wildman–Crippen LogP) is 7.15. The lowest BCUT2D eigenvalue weighted by atomic mass is 10.00. The van der Waals surface area contributed by atoms with Crippen LogP contribution in [0.3, 0.4) is 0 Å². The molecule has 57 heavy (non-hydrogen) atoms. The second kappa shape index (κ2) is 15.1. The van der Waals surface area contributed by atoms with Crippen molar-refractivity contribution < 1.29 is 36.2 Å². The van der Waals surface area contributed by atoms with Crippen molar-refractivity contribution >= 4 is 20.2 Å². The molecule has 8 rings (SSSR count). The molecule has 12 nitrogen and oxygen atoms in total. The van der Waals surface area contributed by atoms with Gasteiger partial charge in [-0.1, -0.05) is 91.1 Å². The van der Waals surface area contributed by atoms with Gasteiger partial charge in [-0.3, -0.25) is 18.5 Å². The van der Waals surface area contributed by atoms with Gasteiger partial charge >= 0.3 is 0 Å². The maximum absolute atomic E-state index is 11.9. The van der Waals surface area contributed by atoms with E-state index in [0.717, 1.165) is 73.4 Å². The molecule has 14 heteroatoms. The Bertz CT molecular complexity index is 2530. The number of rotatable bonds is 14. The normalized spacial score (nSPS) is 14.3. The first-order valence-electron chi connectivity index (χ1n) is 19.0. The Balaban J connectivity index is 0.963. The van der Waals surface area contributed by atoms with Gasteiger partial charge in [-0.2, -0.15) is 27.0 Å². The molecule has 2 atom stereocenters. The van der Waals surface area contributed by atoms with Gasteiger partial charge in [0.15, 0.2) is 0 Å². The quantitative estimate of drug-likeness (QED) is 0.0650. The molecule has 0 fully saturated rings. The van der Waals surface area contributed by atoms with Crippen LogP contribution in [0.5, 0.6) is 0 Å². The molecule has 2 unspecified atom stereocenters. The second-order valence-corrected chi connectivity index (χ2v) is 18.2. The first-order chi connectivity index (χ1) is 27.1. The van der Waals surface area contributed by atoms with Crippen molar-refractivity contribution in [1.82, 2.24) is 19.6 Å². The molecule has 2 heterocycles. The Hall–Kier alpha value is -4.96. The number of unbranched alkanes of at least 4 members (excludes halogenated alkanes) is 2. The average Bonchev–Trinajstić information content (AvgIpc) is 3.91. The highest BCUT2D eigenvalue weighted by molar-refractivity contribution is 7.86. The first-order valence-corrected chi connectivity index (χ1v) is 21.9. The van der Waals surface area contributed by atoms with Gasteiger partial charge < -0.3 is 10.2 Å². The number of fused-ring (bicyclic) bond motifs is 6. The molecule has 0 spiro atoms. The van der Waals surface area contributed by atoms with Gasteiger partial charge in [0.1, 0.15) is 0 Å². The van der Waals surface area contributed by atoms with Gasteiger partial charge in [-0.25, -0.2) is 0 Å². The zero-order valence-electron chi connectivity index (χ0n) is 31.6. The summed E-state index contributed by atoms with van der Waals surface area (Å²) in [6.07, 6.45) is 1.93. The third-order valence-corrected chi connectivity index (χ3v) is 12.8. The minimum absolute atomic E-state index is 0.174. The fourth-order valence-electron chi connectivity index (χ4n) is 8.21. The van der Waals surface area contributed by atoms with Crippen molar-refractivity contribution in [2.75, 3.05) is 0 Å². The highest BCUT2D eigenvalue weighted by atomic mass is 32.2. The summed E-state index contributed by atoms with van der Waals surface area (Å²) in [6.45, 7) is 4.96. The maximum atomic E-state index is 11.9. The summed E-state index contributed by atoms with van der Waals surface area (Å²) in [4.78, 5) is -0.347. The van der Waals surface area contributed by atoms with E-state index in [0.29, 0.717) is 63.0 Å². The molecule has 2 aliphatic rings. The molecular weight excluding hydrogens is 765 g/mol. The molecule has 0 saturated carbocycles. The molecule has 0 radical (unpaired) electrons. The van der Waals surface area contributed by atoms with Crippen LogP contribution in [0, 0.1) is 13.8 Å². The molecule has 2 aliphatic carbocycles. The number of aryl methyl sites for hydroxylation is 2. The lowest BCUT2D eigenvalue weighted by Gasteiger charge is -2.12. The summed E-state index contributed by atoms with van der Waals surface area (Å²) >= 11 is 0. The molecule has 4 aromatic carbocycles. The van der Waals surface area contributed by atoms with Gasteiger partial charge in [0.2, 0.25) is 0 Å². The van der Waals surface area contributed by atoms with E-state index >= 15 is 0 Å². The van der Waals surface area contributed by atoms with Gasteiger partial charge in [-0.05, 0) is 73.2 Å². The van der Waals surface area contributed by atoms with Crippen LogP contribution in [0.15, 0.2) is 94.7 Å². The lowest BCUT2D eigenvalue weighted by Crippen LogP contribution is -2.08. The monoisotopic (exact) mass is 808 g/mol. The number of aliphatic hydroxyl groups is 2. The number of nitrogens with zero attached hydrogens (tertiary/aromatic N) is 4. The fourth-order valence-corrected chi connectivity index (χ4v) is 9.27. The van der Waals surface area contributed by atoms with Crippen LogP contribution in [-0.4, -0.2) is 55.7 Å². The van der Waals surface area contributed by atoms with E-state index in [4.69, 9.17) is 10.2 Å². The summed E-state index contributed by atoms with van der Waals surface area (Å²) in [7, 11) is -8.77. The van der Waals surface area contributed by atoms with Crippen molar-refractivity contribution in [3.63, 3.8) is 0 Å². The zero-order chi connectivity index (χ0) is 40.2. The van der Waals surface area contributed by atoms with Crippen LogP contribution < -0.4 is 0 Å². The third-order valence-electron chi connectivity index (χ3n) is 11.1. The van der Waals surface area contributed by atoms with E-state index in [-0.39, 0.29) is 9.79 Å². The van der Waals surface area contributed by atoms with Crippen molar-refractivity contribution in [3.05, 3.63) is 141 Å². The van der Waals surface area contributed by atoms with Crippen LogP contribution >= 0.6 is 0 Å². The van der Waals surface area contributed by atoms with Gasteiger partial charge in [0.25, 0.3) is 20.2 Å². The Morgan fingerprint density at radius 3 is 1.33 bits per heavy atom. The average molecular weight is 809 g/mol. The highest BCUT2D eigenvalue weighted by Gasteiger charge is 2.33. The topological polar surface area (TPSA) is 185 Å². The minimum atomic E-state index is -4.38. The second-order valence-electron chi connectivity index (χ2n) is 15.3. The lowest BCUT2D eigenvalue weighted by molar-refractivity contribution is 0.148. The SMILES string of the molecule is Cc1ccc(Cn2nc(C(O)CCCCCC(O)c3nn(Cc4ccc(C)cc4)c4c3Cc3cc(S(=O)(=O)O)ccc3-4)c3c2-c2ccc(S(=O)(=O)O)cc2C3)cc1. The highest BCUT2D eigenvalue weighted by Crippen LogP contribution is 2.44. The predicted molar refractivity (Wildman–Crippen MR) is 214 cm³/mol. The fraction of sp³-hybridized carbons (Fsp3) is 0.302. The van der Waals surface area contributed by atoms with Crippen LogP contribution in [-0.2, 0) is 46.2 Å². The molecule has 0 bridgehead atoms. The first kappa shape index (κ1) is 38.9. The smallest absolute Gasteiger partial charge is 0.294 e. The number of hydrogen-bond acceptors (Lipinski definition) is 8. The van der Waals surface area contributed by atoms with Crippen LogP contribution in [0.25, 0.3) is 22.5 Å².